The molecular formula is C18H27IN6. The number of nitrogens with one attached hydrogen (secondary N) is 2. The summed E-state index contributed by atoms with van der Waals surface area (Å²) in [5.74, 6) is 2.35. The number of nitrogens with zero attached hydrogens (tertiary/aromatic N) is 4. The number of guanidine groups is 1. The number of halogens is 1. The van der Waals surface area contributed by atoms with Crippen molar-refractivity contribution < 1.29 is 0 Å². The largest absolute Gasteiger partial charge is 0.356 e. The highest BCUT2D eigenvalue weighted by Crippen LogP contribution is 2.15. The van der Waals surface area contributed by atoms with Crippen LogP contribution in [0.15, 0.2) is 35.6 Å². The second kappa shape index (κ2) is 9.17. The van der Waals surface area contributed by atoms with Crippen LogP contribution in [0, 0.1) is 6.92 Å². The predicted octanol–water partition coefficient (Wildman–Crippen LogP) is 2.49. The third-order valence-electron chi connectivity index (χ3n) is 4.59. The lowest BCUT2D eigenvalue weighted by Crippen LogP contribution is -2.47. The molecule has 25 heavy (non-hydrogen) atoms. The van der Waals surface area contributed by atoms with Crippen molar-refractivity contribution in [1.82, 2.24) is 25.4 Å². The monoisotopic (exact) mass is 454 g/mol. The first kappa shape index (κ1) is 19.7. The van der Waals surface area contributed by atoms with Gasteiger partial charge in [-0.05, 0) is 24.8 Å². The summed E-state index contributed by atoms with van der Waals surface area (Å²) in [7, 11) is 1.82. The van der Waals surface area contributed by atoms with Gasteiger partial charge in [0.25, 0.3) is 0 Å². The molecule has 2 unspecified atom stereocenters. The molecule has 0 saturated carbocycles. The van der Waals surface area contributed by atoms with E-state index >= 15 is 0 Å². The van der Waals surface area contributed by atoms with Crippen LogP contribution in [0.1, 0.15) is 36.2 Å². The number of aliphatic imine (C=N–C) groups is 1. The molecule has 0 fully saturated rings. The molecule has 1 aliphatic rings. The fourth-order valence-corrected chi connectivity index (χ4v) is 3.01. The quantitative estimate of drug-likeness (QED) is 0.423. The maximum atomic E-state index is 4.35. The minimum atomic E-state index is 0. The lowest BCUT2D eigenvalue weighted by atomic mass is 10.0. The SMILES string of the molecule is CN=C(NCC(C)c1ccc(C)cc1)NC1CCc2ncnn2C1.I. The van der Waals surface area contributed by atoms with Crippen LogP contribution in [-0.2, 0) is 13.0 Å². The molecule has 2 heterocycles. The van der Waals surface area contributed by atoms with E-state index in [1.54, 1.807) is 6.33 Å². The zero-order valence-electron chi connectivity index (χ0n) is 15.1. The van der Waals surface area contributed by atoms with Gasteiger partial charge >= 0.3 is 0 Å². The molecule has 3 rings (SSSR count). The summed E-state index contributed by atoms with van der Waals surface area (Å²) in [6.07, 6.45) is 3.63. The molecule has 1 aromatic carbocycles. The maximum Gasteiger partial charge on any atom is 0.191 e. The molecule has 2 N–H and O–H groups in total. The van der Waals surface area contributed by atoms with E-state index in [4.69, 9.17) is 0 Å². The topological polar surface area (TPSA) is 67.1 Å². The average molecular weight is 454 g/mol. The Morgan fingerprint density at radius 1 is 1.36 bits per heavy atom. The van der Waals surface area contributed by atoms with Gasteiger partial charge in [0.15, 0.2) is 5.96 Å². The molecule has 1 aliphatic heterocycles. The van der Waals surface area contributed by atoms with Crippen LogP contribution in [0.4, 0.5) is 0 Å². The fraction of sp³-hybridized carbons (Fsp3) is 0.500. The summed E-state index contributed by atoms with van der Waals surface area (Å²) in [6, 6.07) is 9.06. The first-order valence-corrected chi connectivity index (χ1v) is 8.56. The van der Waals surface area contributed by atoms with Crippen LogP contribution < -0.4 is 10.6 Å². The van der Waals surface area contributed by atoms with Gasteiger partial charge in [-0.25, -0.2) is 9.67 Å². The van der Waals surface area contributed by atoms with E-state index in [-0.39, 0.29) is 24.0 Å². The number of aryl methyl sites for hydroxylation is 2. The van der Waals surface area contributed by atoms with Crippen LogP contribution in [0.3, 0.4) is 0 Å². The summed E-state index contributed by atoms with van der Waals surface area (Å²) >= 11 is 0. The van der Waals surface area contributed by atoms with E-state index in [0.717, 1.165) is 37.7 Å². The van der Waals surface area contributed by atoms with Crippen LogP contribution in [0.5, 0.6) is 0 Å². The van der Waals surface area contributed by atoms with Gasteiger partial charge < -0.3 is 10.6 Å². The predicted molar refractivity (Wildman–Crippen MR) is 112 cm³/mol. The Bertz CT molecular complexity index is 694. The zero-order valence-corrected chi connectivity index (χ0v) is 17.4. The van der Waals surface area contributed by atoms with Gasteiger partial charge in [0, 0.05) is 26.1 Å². The van der Waals surface area contributed by atoms with Gasteiger partial charge in [-0.3, -0.25) is 4.99 Å². The third kappa shape index (κ3) is 5.17. The van der Waals surface area contributed by atoms with Crippen LogP contribution in [0.25, 0.3) is 0 Å². The normalized spacial score (nSPS) is 18.0. The van der Waals surface area contributed by atoms with Gasteiger partial charge in [0.1, 0.15) is 12.2 Å². The lowest BCUT2D eigenvalue weighted by molar-refractivity contribution is 0.392. The summed E-state index contributed by atoms with van der Waals surface area (Å²) in [4.78, 5) is 8.62. The van der Waals surface area contributed by atoms with E-state index in [2.05, 4.69) is 63.8 Å². The first-order chi connectivity index (χ1) is 11.7. The van der Waals surface area contributed by atoms with Gasteiger partial charge in [-0.1, -0.05) is 36.8 Å². The molecule has 0 saturated heterocycles. The molecule has 2 aromatic rings. The fourth-order valence-electron chi connectivity index (χ4n) is 3.01. The number of rotatable bonds is 4. The minimum Gasteiger partial charge on any atom is -0.356 e. The number of aromatic nitrogens is 3. The highest BCUT2D eigenvalue weighted by atomic mass is 127. The molecule has 0 bridgehead atoms. The van der Waals surface area contributed by atoms with Crippen molar-refractivity contribution in [2.75, 3.05) is 13.6 Å². The lowest BCUT2D eigenvalue weighted by Gasteiger charge is -2.26. The van der Waals surface area contributed by atoms with Crippen molar-refractivity contribution in [1.29, 1.82) is 0 Å². The van der Waals surface area contributed by atoms with Crippen LogP contribution >= 0.6 is 24.0 Å². The molecule has 2 atom stereocenters. The number of hydrogen-bond acceptors (Lipinski definition) is 3. The van der Waals surface area contributed by atoms with Crippen LogP contribution in [0.2, 0.25) is 0 Å². The maximum absolute atomic E-state index is 4.35. The van der Waals surface area contributed by atoms with Crippen molar-refractivity contribution in [2.24, 2.45) is 4.99 Å². The standard InChI is InChI=1S/C18H26N6.HI/c1-13-4-6-15(7-5-13)14(2)10-20-18(19-3)23-16-8-9-17-21-12-22-24(17)11-16;/h4-7,12,14,16H,8-11H2,1-3H3,(H2,19,20,23);1H. The Labute approximate surface area is 166 Å². The second-order valence-electron chi connectivity index (χ2n) is 6.50. The Hall–Kier alpha value is -1.64. The smallest absolute Gasteiger partial charge is 0.191 e. The van der Waals surface area contributed by atoms with Gasteiger partial charge in [-0.15, -0.1) is 24.0 Å². The third-order valence-corrected chi connectivity index (χ3v) is 4.59. The molecule has 6 nitrogen and oxygen atoms in total. The molecule has 0 spiro atoms. The molecular weight excluding hydrogens is 427 g/mol. The van der Waals surface area contributed by atoms with E-state index in [1.807, 2.05) is 11.7 Å². The van der Waals surface area contributed by atoms with E-state index < -0.39 is 0 Å². The van der Waals surface area contributed by atoms with E-state index in [9.17, 15) is 0 Å². The van der Waals surface area contributed by atoms with Crippen molar-refractivity contribution in [2.45, 2.75) is 45.2 Å². The van der Waals surface area contributed by atoms with E-state index in [1.165, 1.54) is 11.1 Å². The molecule has 0 aliphatic carbocycles. The molecule has 7 heteroatoms. The van der Waals surface area contributed by atoms with Crippen molar-refractivity contribution in [3.8, 4) is 0 Å². The molecule has 0 radical (unpaired) electrons. The summed E-state index contributed by atoms with van der Waals surface area (Å²) in [5.41, 5.74) is 2.63. The first-order valence-electron chi connectivity index (χ1n) is 8.56. The van der Waals surface area contributed by atoms with Gasteiger partial charge in [0.2, 0.25) is 0 Å². The summed E-state index contributed by atoms with van der Waals surface area (Å²) in [6.45, 7) is 6.03. The van der Waals surface area contributed by atoms with Crippen molar-refractivity contribution >= 4 is 29.9 Å². The molecule has 0 amide bonds. The van der Waals surface area contributed by atoms with Gasteiger partial charge in [0.05, 0.1) is 6.54 Å². The Morgan fingerprint density at radius 3 is 2.84 bits per heavy atom. The minimum absolute atomic E-state index is 0. The number of fused-ring (bicyclic) bond motifs is 1. The summed E-state index contributed by atoms with van der Waals surface area (Å²) in [5, 5.41) is 11.2. The zero-order chi connectivity index (χ0) is 16.9. The van der Waals surface area contributed by atoms with Gasteiger partial charge in [-0.2, -0.15) is 5.10 Å². The number of hydrogen-bond donors (Lipinski definition) is 2. The van der Waals surface area contributed by atoms with Crippen molar-refractivity contribution in [3.63, 3.8) is 0 Å². The second-order valence-corrected chi connectivity index (χ2v) is 6.50. The van der Waals surface area contributed by atoms with E-state index in [0.29, 0.717) is 12.0 Å². The highest BCUT2D eigenvalue weighted by Gasteiger charge is 2.20. The van der Waals surface area contributed by atoms with Crippen LogP contribution in [-0.4, -0.2) is 40.4 Å². The Kier molecular flexibility index (Phi) is 7.22. The van der Waals surface area contributed by atoms with Crippen molar-refractivity contribution in [3.05, 3.63) is 47.5 Å². The Morgan fingerprint density at radius 2 is 2.12 bits per heavy atom. The Balaban J connectivity index is 0.00000225. The number of benzene rings is 1. The average Bonchev–Trinajstić information content (AvgIpc) is 3.06. The molecule has 1 aromatic heterocycles. The summed E-state index contributed by atoms with van der Waals surface area (Å²) < 4.78 is 1.98. The highest BCUT2D eigenvalue weighted by molar-refractivity contribution is 14.0. The molecule has 136 valence electrons.